The van der Waals surface area contributed by atoms with Crippen LogP contribution in [0.3, 0.4) is 0 Å². The molecule has 1 heterocycles. The fraction of sp³-hybridized carbons (Fsp3) is 0.308. The van der Waals surface area contributed by atoms with Gasteiger partial charge in [-0.1, -0.05) is 17.7 Å². The number of hydrogen-bond donors (Lipinski definition) is 0. The van der Waals surface area contributed by atoms with E-state index in [1.807, 2.05) is 19.1 Å². The third-order valence-electron chi connectivity index (χ3n) is 2.80. The van der Waals surface area contributed by atoms with Crippen molar-refractivity contribution in [2.75, 3.05) is 10.7 Å². The van der Waals surface area contributed by atoms with Gasteiger partial charge in [0.1, 0.15) is 0 Å². The van der Waals surface area contributed by atoms with Gasteiger partial charge in [0, 0.05) is 12.2 Å². The minimum absolute atomic E-state index is 0.0324. The largest absolute Gasteiger partial charge is 0.549 e. The number of benzene rings is 1. The van der Waals surface area contributed by atoms with E-state index < -0.39 is 11.2 Å². The monoisotopic (exact) mass is 278 g/mol. The van der Waals surface area contributed by atoms with Crippen molar-refractivity contribution in [1.29, 1.82) is 0 Å². The molecule has 0 saturated carbocycles. The standard InChI is InChI=1S/C13H13NO4S/c1-8-2-4-9(5-3-8)14-11(15)6-10(13(14)18)19-7-12(16)17/h2-5,10H,6-7H2,1H3,(H,16,17)/p-1/t10-/m1/s1. The van der Waals surface area contributed by atoms with E-state index in [0.717, 1.165) is 22.2 Å². The highest BCUT2D eigenvalue weighted by atomic mass is 32.2. The van der Waals surface area contributed by atoms with Gasteiger partial charge in [-0.2, -0.15) is 0 Å². The average Bonchev–Trinajstić information content (AvgIpc) is 2.63. The Hall–Kier alpha value is -1.82. The molecular formula is C13H12NO4S-. The number of carbonyl (C=O) groups is 3. The maximum Gasteiger partial charge on any atom is 0.247 e. The molecule has 1 aliphatic rings. The van der Waals surface area contributed by atoms with E-state index in [-0.39, 0.29) is 24.0 Å². The smallest absolute Gasteiger partial charge is 0.247 e. The number of rotatable bonds is 4. The van der Waals surface area contributed by atoms with Gasteiger partial charge < -0.3 is 9.90 Å². The summed E-state index contributed by atoms with van der Waals surface area (Å²) in [6, 6.07) is 7.04. The van der Waals surface area contributed by atoms with E-state index in [2.05, 4.69) is 0 Å². The van der Waals surface area contributed by atoms with E-state index in [1.54, 1.807) is 12.1 Å². The number of imide groups is 1. The zero-order chi connectivity index (χ0) is 14.0. The lowest BCUT2D eigenvalue weighted by atomic mass is 10.2. The molecule has 2 amide bonds. The molecule has 1 fully saturated rings. The van der Waals surface area contributed by atoms with Crippen molar-refractivity contribution in [2.24, 2.45) is 0 Å². The molecule has 1 aliphatic heterocycles. The summed E-state index contributed by atoms with van der Waals surface area (Å²) in [6.45, 7) is 1.91. The minimum atomic E-state index is -1.24. The lowest BCUT2D eigenvalue weighted by Gasteiger charge is -2.15. The second-order valence-corrected chi connectivity index (χ2v) is 5.47. The van der Waals surface area contributed by atoms with Crippen LogP contribution in [0.25, 0.3) is 0 Å². The maximum absolute atomic E-state index is 12.1. The quantitative estimate of drug-likeness (QED) is 0.731. The van der Waals surface area contributed by atoms with Crippen molar-refractivity contribution < 1.29 is 19.5 Å². The number of thioether (sulfide) groups is 1. The zero-order valence-electron chi connectivity index (χ0n) is 10.3. The highest BCUT2D eigenvalue weighted by Gasteiger charge is 2.39. The summed E-state index contributed by atoms with van der Waals surface area (Å²) >= 11 is 0.931. The third-order valence-corrected chi connectivity index (χ3v) is 3.97. The lowest BCUT2D eigenvalue weighted by Crippen LogP contribution is -2.32. The van der Waals surface area contributed by atoms with Gasteiger partial charge in [-0.15, -0.1) is 11.8 Å². The van der Waals surface area contributed by atoms with E-state index in [9.17, 15) is 19.5 Å². The number of aryl methyl sites for hydroxylation is 1. The zero-order valence-corrected chi connectivity index (χ0v) is 11.1. The molecule has 0 aliphatic carbocycles. The molecule has 1 aromatic carbocycles. The molecule has 1 aromatic rings. The number of carboxylic acid groups (broad SMARTS) is 1. The molecule has 1 saturated heterocycles. The molecule has 0 N–H and O–H groups in total. The van der Waals surface area contributed by atoms with Crippen molar-refractivity contribution in [2.45, 2.75) is 18.6 Å². The molecule has 0 aromatic heterocycles. The Morgan fingerprint density at radius 3 is 2.58 bits per heavy atom. The third kappa shape index (κ3) is 2.96. The number of nitrogens with zero attached hydrogens (tertiary/aromatic N) is 1. The van der Waals surface area contributed by atoms with Gasteiger partial charge in [0.05, 0.1) is 16.9 Å². The Morgan fingerprint density at radius 1 is 1.37 bits per heavy atom. The summed E-state index contributed by atoms with van der Waals surface area (Å²) in [5.41, 5.74) is 1.56. The van der Waals surface area contributed by atoms with Crippen LogP contribution < -0.4 is 10.0 Å². The Bertz CT molecular complexity index is 526. The molecule has 5 nitrogen and oxygen atoms in total. The Balaban J connectivity index is 2.14. The summed E-state index contributed by atoms with van der Waals surface area (Å²) in [6.07, 6.45) is 0.0324. The first-order valence-corrected chi connectivity index (χ1v) is 6.79. The number of hydrogen-bond acceptors (Lipinski definition) is 5. The second kappa shape index (κ2) is 5.44. The van der Waals surface area contributed by atoms with Crippen LogP contribution in [-0.4, -0.2) is 28.8 Å². The van der Waals surface area contributed by atoms with Crippen molar-refractivity contribution in [3.8, 4) is 0 Å². The Kier molecular flexibility index (Phi) is 3.90. The highest BCUT2D eigenvalue weighted by Crippen LogP contribution is 2.29. The van der Waals surface area contributed by atoms with Crippen LogP contribution in [0.15, 0.2) is 24.3 Å². The molecule has 19 heavy (non-hydrogen) atoms. The summed E-state index contributed by atoms with van der Waals surface area (Å²) in [7, 11) is 0. The van der Waals surface area contributed by atoms with Crippen LogP contribution in [0.1, 0.15) is 12.0 Å². The molecule has 0 unspecified atom stereocenters. The maximum atomic E-state index is 12.1. The second-order valence-electron chi connectivity index (χ2n) is 4.28. The minimum Gasteiger partial charge on any atom is -0.549 e. The van der Waals surface area contributed by atoms with Gasteiger partial charge in [0.25, 0.3) is 0 Å². The first-order valence-electron chi connectivity index (χ1n) is 5.74. The predicted octanol–water partition coefficient (Wildman–Crippen LogP) is 0.110. The summed E-state index contributed by atoms with van der Waals surface area (Å²) < 4.78 is 0. The molecule has 100 valence electrons. The first-order chi connectivity index (χ1) is 8.99. The van der Waals surface area contributed by atoms with Crippen molar-refractivity contribution >= 4 is 35.2 Å². The summed E-state index contributed by atoms with van der Waals surface area (Å²) in [5.74, 6) is -2.19. The van der Waals surface area contributed by atoms with Gasteiger partial charge in [-0.3, -0.25) is 9.59 Å². The van der Waals surface area contributed by atoms with E-state index in [1.165, 1.54) is 0 Å². The van der Waals surface area contributed by atoms with E-state index in [4.69, 9.17) is 0 Å². The van der Waals surface area contributed by atoms with Gasteiger partial charge in [-0.05, 0) is 19.1 Å². The van der Waals surface area contributed by atoms with Crippen LogP contribution in [-0.2, 0) is 14.4 Å². The SMILES string of the molecule is Cc1ccc(N2C(=O)C[C@@H](SCC(=O)[O-])C2=O)cc1. The van der Waals surface area contributed by atoms with Crippen molar-refractivity contribution in [3.05, 3.63) is 29.8 Å². The number of carboxylic acids is 1. The predicted molar refractivity (Wildman–Crippen MR) is 69.5 cm³/mol. The Labute approximate surface area is 114 Å². The average molecular weight is 278 g/mol. The molecule has 0 spiro atoms. The van der Waals surface area contributed by atoms with E-state index in [0.29, 0.717) is 5.69 Å². The number of carbonyl (C=O) groups excluding carboxylic acids is 3. The van der Waals surface area contributed by atoms with Crippen LogP contribution >= 0.6 is 11.8 Å². The fourth-order valence-electron chi connectivity index (χ4n) is 1.87. The van der Waals surface area contributed by atoms with Crippen LogP contribution in [0.2, 0.25) is 0 Å². The van der Waals surface area contributed by atoms with Crippen LogP contribution in [0.4, 0.5) is 5.69 Å². The molecule has 1 atom stereocenters. The number of amides is 2. The molecule has 0 radical (unpaired) electrons. The van der Waals surface area contributed by atoms with Crippen molar-refractivity contribution in [3.63, 3.8) is 0 Å². The molecule has 6 heteroatoms. The lowest BCUT2D eigenvalue weighted by molar-refractivity contribution is -0.301. The number of aliphatic carboxylic acids is 1. The van der Waals surface area contributed by atoms with E-state index >= 15 is 0 Å². The molecule has 2 rings (SSSR count). The van der Waals surface area contributed by atoms with Crippen LogP contribution in [0.5, 0.6) is 0 Å². The summed E-state index contributed by atoms with van der Waals surface area (Å²) in [4.78, 5) is 35.4. The summed E-state index contributed by atoms with van der Waals surface area (Å²) in [5, 5.41) is 9.76. The first kappa shape index (κ1) is 13.6. The Morgan fingerprint density at radius 2 is 2.00 bits per heavy atom. The normalized spacial score (nSPS) is 19.0. The van der Waals surface area contributed by atoms with Crippen molar-refractivity contribution in [1.82, 2.24) is 0 Å². The van der Waals surface area contributed by atoms with Gasteiger partial charge >= 0.3 is 0 Å². The highest BCUT2D eigenvalue weighted by molar-refractivity contribution is 8.01. The van der Waals surface area contributed by atoms with Gasteiger partial charge in [0.15, 0.2) is 0 Å². The molecular weight excluding hydrogens is 266 g/mol. The topological polar surface area (TPSA) is 77.5 Å². The van der Waals surface area contributed by atoms with Crippen LogP contribution in [0, 0.1) is 6.92 Å². The fourth-order valence-corrected chi connectivity index (χ4v) is 2.71. The number of anilines is 1. The molecule has 0 bridgehead atoms. The van der Waals surface area contributed by atoms with Gasteiger partial charge in [-0.25, -0.2) is 4.90 Å². The van der Waals surface area contributed by atoms with Gasteiger partial charge in [0.2, 0.25) is 11.8 Å².